The smallest absolute Gasteiger partial charge is 0.323 e. The molecule has 2 aromatic rings. The van der Waals surface area contributed by atoms with Crippen molar-refractivity contribution in [2.24, 2.45) is 0 Å². The Morgan fingerprint density at radius 1 is 0.893 bits per heavy atom. The molecule has 0 spiro atoms. The molecule has 0 aliphatic carbocycles. The lowest BCUT2D eigenvalue weighted by Gasteiger charge is -2.27. The van der Waals surface area contributed by atoms with E-state index in [1.165, 1.54) is 5.56 Å². The number of carbonyl (C=O) groups excluding carboxylic acids is 1. The Bertz CT molecular complexity index is 916. The minimum absolute atomic E-state index is 0.0186. The maximum absolute atomic E-state index is 13.1. The zero-order valence-electron chi connectivity index (χ0n) is 18.6. The fourth-order valence-corrected chi connectivity index (χ4v) is 4.04. The first kappa shape index (κ1) is 20.4. The first-order valence-electron chi connectivity index (χ1n) is 9.90. The van der Waals surface area contributed by atoms with Gasteiger partial charge in [-0.05, 0) is 59.1 Å². The van der Waals surface area contributed by atoms with Crippen LogP contribution >= 0.6 is 0 Å². The van der Waals surface area contributed by atoms with E-state index in [4.69, 9.17) is 9.47 Å². The van der Waals surface area contributed by atoms with Gasteiger partial charge >= 0.3 is 5.97 Å². The van der Waals surface area contributed by atoms with Gasteiger partial charge in [0, 0.05) is 11.1 Å². The van der Waals surface area contributed by atoms with Crippen LogP contribution in [0, 0.1) is 13.8 Å². The summed E-state index contributed by atoms with van der Waals surface area (Å²) in [6.07, 6.45) is 0. The molecule has 1 atom stereocenters. The number of esters is 1. The van der Waals surface area contributed by atoms with Crippen LogP contribution in [0.2, 0.25) is 0 Å². The van der Waals surface area contributed by atoms with Crippen molar-refractivity contribution in [1.29, 1.82) is 0 Å². The highest BCUT2D eigenvalue weighted by Crippen LogP contribution is 2.48. The molecule has 0 bridgehead atoms. The molecule has 0 aromatic heterocycles. The average Bonchev–Trinajstić information content (AvgIpc) is 2.87. The summed E-state index contributed by atoms with van der Waals surface area (Å²) in [5, 5.41) is 0. The number of methoxy groups -OCH3 is 1. The monoisotopic (exact) mass is 380 g/mol. The summed E-state index contributed by atoms with van der Waals surface area (Å²) in [4.78, 5) is 13.1. The van der Waals surface area contributed by atoms with E-state index in [9.17, 15) is 4.79 Å². The summed E-state index contributed by atoms with van der Waals surface area (Å²) in [6, 6.07) is 8.36. The van der Waals surface area contributed by atoms with Crippen molar-refractivity contribution < 1.29 is 14.3 Å². The quantitative estimate of drug-likeness (QED) is 0.476. The van der Waals surface area contributed by atoms with Crippen molar-refractivity contribution in [2.45, 2.75) is 72.1 Å². The fraction of sp³-hybridized carbons (Fsp3) is 0.480. The fourth-order valence-electron chi connectivity index (χ4n) is 4.04. The molecule has 0 N–H and O–H groups in total. The number of fused-ring (bicyclic) bond motifs is 1. The molecule has 1 aliphatic heterocycles. The van der Waals surface area contributed by atoms with Crippen molar-refractivity contribution in [1.82, 2.24) is 0 Å². The summed E-state index contributed by atoms with van der Waals surface area (Å²) >= 11 is 0. The Morgan fingerprint density at radius 3 is 1.93 bits per heavy atom. The Hall–Kier alpha value is -2.29. The molecule has 1 aliphatic rings. The van der Waals surface area contributed by atoms with Crippen molar-refractivity contribution in [3.8, 4) is 11.5 Å². The Labute approximate surface area is 169 Å². The zero-order chi connectivity index (χ0) is 21.0. The highest BCUT2D eigenvalue weighted by molar-refractivity contribution is 5.91. The third kappa shape index (κ3) is 3.43. The molecule has 28 heavy (non-hydrogen) atoms. The van der Waals surface area contributed by atoms with E-state index in [0.29, 0.717) is 0 Å². The second kappa shape index (κ2) is 6.65. The number of rotatable bonds is 2. The van der Waals surface area contributed by atoms with Crippen molar-refractivity contribution in [3.05, 3.63) is 57.6 Å². The van der Waals surface area contributed by atoms with E-state index in [-0.39, 0.29) is 16.8 Å². The topological polar surface area (TPSA) is 35.5 Å². The lowest BCUT2D eigenvalue weighted by Crippen LogP contribution is -2.17. The average molecular weight is 381 g/mol. The van der Waals surface area contributed by atoms with Crippen LogP contribution in [0.1, 0.15) is 80.8 Å². The number of hydrogen-bond acceptors (Lipinski definition) is 3. The van der Waals surface area contributed by atoms with Gasteiger partial charge in [-0.3, -0.25) is 4.79 Å². The van der Waals surface area contributed by atoms with Gasteiger partial charge in [0.05, 0.1) is 7.11 Å². The second-order valence-electron chi connectivity index (χ2n) is 9.97. The van der Waals surface area contributed by atoms with Gasteiger partial charge in [-0.25, -0.2) is 0 Å². The van der Waals surface area contributed by atoms with Crippen LogP contribution in [-0.2, 0) is 15.6 Å². The normalized spacial score (nSPS) is 16.8. The van der Waals surface area contributed by atoms with Crippen LogP contribution < -0.4 is 9.47 Å². The summed E-state index contributed by atoms with van der Waals surface area (Å²) in [7, 11) is 1.66. The van der Waals surface area contributed by atoms with Gasteiger partial charge in [-0.1, -0.05) is 53.7 Å². The standard InChI is InChI=1S/C25H32O3/c1-14-10-17(27-9)11-15(2)20(14)21-18-12-16(24(3,4)5)13-19(25(6,7)8)22(18)28-23(21)26/h10-13,21H,1-9H3. The molecule has 1 unspecified atom stereocenters. The van der Waals surface area contributed by atoms with Crippen LogP contribution in [-0.4, -0.2) is 13.1 Å². The molecule has 0 fully saturated rings. The van der Waals surface area contributed by atoms with Crippen LogP contribution in [0.3, 0.4) is 0 Å². The summed E-state index contributed by atoms with van der Waals surface area (Å²) in [5.74, 6) is 0.960. The lowest BCUT2D eigenvalue weighted by molar-refractivity contribution is -0.133. The third-order valence-corrected chi connectivity index (χ3v) is 5.63. The van der Waals surface area contributed by atoms with Gasteiger partial charge in [0.1, 0.15) is 17.4 Å². The maximum Gasteiger partial charge on any atom is 0.323 e. The number of aryl methyl sites for hydroxylation is 2. The molecule has 3 heteroatoms. The third-order valence-electron chi connectivity index (χ3n) is 5.63. The van der Waals surface area contributed by atoms with Crippen LogP contribution in [0.5, 0.6) is 11.5 Å². The molecule has 0 saturated carbocycles. The Balaban J connectivity index is 2.30. The minimum atomic E-state index is -0.399. The largest absolute Gasteiger partial charge is 0.497 e. The molecular weight excluding hydrogens is 348 g/mol. The zero-order valence-corrected chi connectivity index (χ0v) is 18.6. The first-order valence-corrected chi connectivity index (χ1v) is 9.90. The first-order chi connectivity index (χ1) is 12.8. The Morgan fingerprint density at radius 2 is 1.46 bits per heavy atom. The number of hydrogen-bond donors (Lipinski definition) is 0. The predicted octanol–water partition coefficient (Wildman–Crippen LogP) is 5.96. The number of ether oxygens (including phenoxy) is 2. The van der Waals surface area contributed by atoms with Gasteiger partial charge in [-0.2, -0.15) is 0 Å². The molecular formula is C25H32O3. The predicted molar refractivity (Wildman–Crippen MR) is 114 cm³/mol. The molecule has 3 rings (SSSR count). The summed E-state index contributed by atoms with van der Waals surface area (Å²) < 4.78 is 11.3. The number of benzene rings is 2. The summed E-state index contributed by atoms with van der Waals surface area (Å²) in [6.45, 7) is 17.2. The molecule has 150 valence electrons. The van der Waals surface area contributed by atoms with E-state index in [2.05, 4.69) is 53.7 Å². The van der Waals surface area contributed by atoms with Gasteiger partial charge in [-0.15, -0.1) is 0 Å². The Kier molecular flexibility index (Phi) is 4.85. The molecule has 2 aromatic carbocycles. The highest BCUT2D eigenvalue weighted by Gasteiger charge is 2.40. The van der Waals surface area contributed by atoms with E-state index < -0.39 is 5.92 Å². The molecule has 0 amide bonds. The van der Waals surface area contributed by atoms with Gasteiger partial charge < -0.3 is 9.47 Å². The van der Waals surface area contributed by atoms with Gasteiger partial charge in [0.25, 0.3) is 0 Å². The number of carbonyl (C=O) groups is 1. The molecule has 3 nitrogen and oxygen atoms in total. The molecule has 0 radical (unpaired) electrons. The SMILES string of the molecule is COc1cc(C)c(C2C(=O)Oc3c2cc(C(C)(C)C)cc3C(C)(C)C)c(C)c1. The van der Waals surface area contributed by atoms with E-state index >= 15 is 0 Å². The second-order valence-corrected chi connectivity index (χ2v) is 9.97. The minimum Gasteiger partial charge on any atom is -0.497 e. The lowest BCUT2D eigenvalue weighted by atomic mass is 9.76. The van der Waals surface area contributed by atoms with Crippen LogP contribution in [0.4, 0.5) is 0 Å². The van der Waals surface area contributed by atoms with Crippen LogP contribution in [0.15, 0.2) is 24.3 Å². The van der Waals surface area contributed by atoms with E-state index in [1.54, 1.807) is 7.11 Å². The van der Waals surface area contributed by atoms with Gasteiger partial charge in [0.15, 0.2) is 0 Å². The molecule has 0 saturated heterocycles. The highest BCUT2D eigenvalue weighted by atomic mass is 16.5. The van der Waals surface area contributed by atoms with E-state index in [1.807, 2.05) is 26.0 Å². The van der Waals surface area contributed by atoms with Crippen molar-refractivity contribution in [2.75, 3.05) is 7.11 Å². The van der Waals surface area contributed by atoms with Crippen molar-refractivity contribution >= 4 is 5.97 Å². The molecule has 1 heterocycles. The van der Waals surface area contributed by atoms with Crippen LogP contribution in [0.25, 0.3) is 0 Å². The van der Waals surface area contributed by atoms with Crippen molar-refractivity contribution in [3.63, 3.8) is 0 Å². The maximum atomic E-state index is 13.1. The van der Waals surface area contributed by atoms with Gasteiger partial charge in [0.2, 0.25) is 0 Å². The summed E-state index contributed by atoms with van der Waals surface area (Å²) in [5.41, 5.74) is 6.28. The van der Waals surface area contributed by atoms with E-state index in [0.717, 1.165) is 39.3 Å².